The summed E-state index contributed by atoms with van der Waals surface area (Å²) in [5.74, 6) is 0.172. The summed E-state index contributed by atoms with van der Waals surface area (Å²) in [7, 11) is 0. The summed E-state index contributed by atoms with van der Waals surface area (Å²) in [6.45, 7) is 0. The number of nitrogens with two attached hydrogens (primary N) is 1. The molecule has 0 spiro atoms. The van der Waals surface area contributed by atoms with Gasteiger partial charge in [0.15, 0.2) is 0 Å². The van der Waals surface area contributed by atoms with Gasteiger partial charge in [0.2, 0.25) is 5.95 Å². The minimum Gasteiger partial charge on any atom is -0.368 e. The van der Waals surface area contributed by atoms with Gasteiger partial charge >= 0.3 is 0 Å². The Bertz CT molecular complexity index is 658. The van der Waals surface area contributed by atoms with Crippen molar-refractivity contribution in [3.63, 3.8) is 0 Å². The van der Waals surface area contributed by atoms with E-state index in [9.17, 15) is 4.79 Å². The van der Waals surface area contributed by atoms with Gasteiger partial charge in [0.25, 0.3) is 5.91 Å². The maximum Gasteiger partial charge on any atom is 0.261 e. The monoisotopic (exact) mass is 261 g/mol. The molecule has 1 amide bonds. The zero-order valence-corrected chi connectivity index (χ0v) is 9.82. The molecule has 7 heteroatoms. The van der Waals surface area contributed by atoms with Gasteiger partial charge in [-0.3, -0.25) is 4.79 Å². The molecule has 2 aromatic rings. The highest BCUT2D eigenvalue weighted by Gasteiger charge is 2.20. The number of benzene rings is 1. The predicted octanol–water partition coefficient (Wildman–Crippen LogP) is 2.02. The fourth-order valence-electron chi connectivity index (χ4n) is 1.70. The van der Waals surface area contributed by atoms with Crippen LogP contribution in [0, 0.1) is 0 Å². The average Bonchev–Trinajstić information content (AvgIpc) is 2.44. The van der Waals surface area contributed by atoms with Crippen LogP contribution in [-0.4, -0.2) is 15.9 Å². The molecule has 0 fully saturated rings. The lowest BCUT2D eigenvalue weighted by atomic mass is 10.2. The van der Waals surface area contributed by atoms with E-state index in [4.69, 9.17) is 17.3 Å². The van der Waals surface area contributed by atoms with Crippen LogP contribution >= 0.6 is 11.6 Å². The number of rotatable bonds is 0. The molecule has 2 heterocycles. The molecule has 4 N–H and O–H groups in total. The summed E-state index contributed by atoms with van der Waals surface area (Å²) in [6.07, 6.45) is 1.38. The second-order valence-electron chi connectivity index (χ2n) is 3.76. The first kappa shape index (κ1) is 10.8. The van der Waals surface area contributed by atoms with Crippen molar-refractivity contribution in [2.75, 3.05) is 16.4 Å². The van der Waals surface area contributed by atoms with Crippen LogP contribution < -0.4 is 16.4 Å². The number of anilines is 4. The Hall–Kier alpha value is -2.34. The van der Waals surface area contributed by atoms with E-state index in [0.717, 1.165) is 0 Å². The first-order valence-electron chi connectivity index (χ1n) is 5.14. The normalized spacial score (nSPS) is 12.8. The van der Waals surface area contributed by atoms with Gasteiger partial charge in [-0.25, -0.2) is 4.98 Å². The van der Waals surface area contributed by atoms with Gasteiger partial charge in [-0.2, -0.15) is 4.98 Å². The average molecular weight is 262 g/mol. The van der Waals surface area contributed by atoms with Crippen molar-refractivity contribution >= 4 is 40.6 Å². The van der Waals surface area contributed by atoms with Gasteiger partial charge in [-0.15, -0.1) is 0 Å². The molecule has 90 valence electrons. The van der Waals surface area contributed by atoms with Crippen molar-refractivity contribution in [3.8, 4) is 0 Å². The van der Waals surface area contributed by atoms with Crippen molar-refractivity contribution < 1.29 is 4.79 Å². The number of hydrogen-bond acceptors (Lipinski definition) is 5. The minimum atomic E-state index is -0.307. The van der Waals surface area contributed by atoms with E-state index in [1.807, 2.05) is 0 Å². The van der Waals surface area contributed by atoms with Crippen molar-refractivity contribution in [1.82, 2.24) is 9.97 Å². The van der Waals surface area contributed by atoms with Crippen LogP contribution in [0.1, 0.15) is 10.4 Å². The molecule has 1 aromatic carbocycles. The van der Waals surface area contributed by atoms with E-state index < -0.39 is 0 Å². The fraction of sp³-hybridized carbons (Fsp3) is 0. The van der Waals surface area contributed by atoms with Crippen LogP contribution in [0.3, 0.4) is 0 Å². The molecule has 1 aliphatic heterocycles. The van der Waals surface area contributed by atoms with Crippen LogP contribution in [0.5, 0.6) is 0 Å². The Morgan fingerprint density at radius 2 is 2.06 bits per heavy atom. The zero-order valence-electron chi connectivity index (χ0n) is 9.07. The number of hydrogen-bond donors (Lipinski definition) is 3. The maximum atomic E-state index is 12.0. The first-order valence-corrected chi connectivity index (χ1v) is 5.52. The topological polar surface area (TPSA) is 92.9 Å². The highest BCUT2D eigenvalue weighted by atomic mass is 35.5. The number of nitrogens with zero attached hydrogens (tertiary/aromatic N) is 2. The first-order chi connectivity index (χ1) is 8.63. The van der Waals surface area contributed by atoms with Crippen molar-refractivity contribution in [1.29, 1.82) is 0 Å². The van der Waals surface area contributed by atoms with Gasteiger partial charge in [0.05, 0.1) is 11.4 Å². The van der Waals surface area contributed by atoms with E-state index in [1.165, 1.54) is 6.20 Å². The van der Waals surface area contributed by atoms with Crippen LogP contribution in [-0.2, 0) is 0 Å². The quantitative estimate of drug-likeness (QED) is 0.675. The van der Waals surface area contributed by atoms with Gasteiger partial charge in [-0.1, -0.05) is 11.6 Å². The molecule has 0 unspecified atom stereocenters. The molecule has 0 atom stereocenters. The lowest BCUT2D eigenvalue weighted by molar-refractivity contribution is 0.102. The molecular formula is C11H8ClN5O. The lowest BCUT2D eigenvalue weighted by Gasteiger charge is -2.07. The summed E-state index contributed by atoms with van der Waals surface area (Å²) in [5.41, 5.74) is 7.12. The summed E-state index contributed by atoms with van der Waals surface area (Å²) in [6, 6.07) is 5.13. The number of carbonyl (C=O) groups excluding carboxylic acids is 1. The van der Waals surface area contributed by atoms with E-state index in [2.05, 4.69) is 20.6 Å². The zero-order chi connectivity index (χ0) is 12.7. The number of amides is 1. The third-order valence-electron chi connectivity index (χ3n) is 2.53. The van der Waals surface area contributed by atoms with E-state index >= 15 is 0 Å². The summed E-state index contributed by atoms with van der Waals surface area (Å²) in [5, 5.41) is 6.30. The van der Waals surface area contributed by atoms with Crippen LogP contribution in [0.4, 0.5) is 23.1 Å². The molecular weight excluding hydrogens is 254 g/mol. The Balaban J connectivity index is 2.17. The Labute approximate surface area is 107 Å². The Morgan fingerprint density at radius 1 is 1.22 bits per heavy atom. The standard InChI is InChI=1S/C11H8ClN5O/c12-5-1-2-7-8(3-5)16-10(18)6-4-14-11(13)17-9(6)15-7/h1-4H,(H,16,18)(H3,13,14,15,17). The van der Waals surface area contributed by atoms with E-state index in [0.29, 0.717) is 27.8 Å². The maximum absolute atomic E-state index is 12.0. The molecule has 1 aromatic heterocycles. The van der Waals surface area contributed by atoms with Gasteiger partial charge in [0.1, 0.15) is 11.4 Å². The van der Waals surface area contributed by atoms with Gasteiger partial charge in [0, 0.05) is 11.2 Å². The SMILES string of the molecule is Nc1ncc2c(n1)Nc1ccc(Cl)cc1NC2=O. The Morgan fingerprint density at radius 3 is 2.89 bits per heavy atom. The minimum absolute atomic E-state index is 0.103. The Kier molecular flexibility index (Phi) is 2.31. The molecule has 6 nitrogen and oxygen atoms in total. The van der Waals surface area contributed by atoms with E-state index in [1.54, 1.807) is 18.2 Å². The van der Waals surface area contributed by atoms with Crippen molar-refractivity contribution in [3.05, 3.63) is 35.0 Å². The summed E-state index contributed by atoms with van der Waals surface area (Å²) in [4.78, 5) is 19.8. The van der Waals surface area contributed by atoms with Crippen molar-refractivity contribution in [2.24, 2.45) is 0 Å². The predicted molar refractivity (Wildman–Crippen MR) is 69.1 cm³/mol. The van der Waals surface area contributed by atoms with Gasteiger partial charge in [-0.05, 0) is 18.2 Å². The fourth-order valence-corrected chi connectivity index (χ4v) is 1.88. The molecule has 0 bridgehead atoms. The molecule has 0 radical (unpaired) electrons. The second-order valence-corrected chi connectivity index (χ2v) is 4.20. The number of carbonyl (C=O) groups is 1. The van der Waals surface area contributed by atoms with Crippen LogP contribution in [0.15, 0.2) is 24.4 Å². The number of nitrogens with one attached hydrogen (secondary N) is 2. The highest BCUT2D eigenvalue weighted by molar-refractivity contribution is 6.31. The largest absolute Gasteiger partial charge is 0.368 e. The third-order valence-corrected chi connectivity index (χ3v) is 2.77. The van der Waals surface area contributed by atoms with Gasteiger partial charge < -0.3 is 16.4 Å². The number of fused-ring (bicyclic) bond motifs is 2. The number of nitrogen functional groups attached to an aromatic ring is 1. The van der Waals surface area contributed by atoms with Crippen molar-refractivity contribution in [2.45, 2.75) is 0 Å². The molecule has 3 rings (SSSR count). The number of halogens is 1. The number of aromatic nitrogens is 2. The highest BCUT2D eigenvalue weighted by Crippen LogP contribution is 2.32. The molecule has 0 aliphatic carbocycles. The molecule has 0 saturated carbocycles. The third kappa shape index (κ3) is 1.72. The summed E-state index contributed by atoms with van der Waals surface area (Å²) >= 11 is 5.89. The van der Waals surface area contributed by atoms with E-state index in [-0.39, 0.29) is 11.9 Å². The molecule has 18 heavy (non-hydrogen) atoms. The summed E-state index contributed by atoms with van der Waals surface area (Å²) < 4.78 is 0. The lowest BCUT2D eigenvalue weighted by Crippen LogP contribution is -2.12. The second kappa shape index (κ2) is 3.85. The van der Waals surface area contributed by atoms with Crippen LogP contribution in [0.2, 0.25) is 5.02 Å². The molecule has 1 aliphatic rings. The smallest absolute Gasteiger partial charge is 0.261 e. The molecule has 0 saturated heterocycles. The van der Waals surface area contributed by atoms with Crippen LogP contribution in [0.25, 0.3) is 0 Å².